The maximum atomic E-state index is 11.9. The number of fused-ring (bicyclic) bond motifs is 1. The molecule has 0 aliphatic carbocycles. The van der Waals surface area contributed by atoms with Crippen LogP contribution in [0.2, 0.25) is 0 Å². The molecule has 0 aromatic carbocycles. The third-order valence-corrected chi connectivity index (χ3v) is 3.98. The number of nitrogens with one attached hydrogen (secondary N) is 2. The fourth-order valence-corrected chi connectivity index (χ4v) is 2.87. The Bertz CT molecular complexity index is 450. The molecule has 1 fully saturated rings. The van der Waals surface area contributed by atoms with Crippen molar-refractivity contribution in [3.05, 3.63) is 11.6 Å². The van der Waals surface area contributed by atoms with E-state index in [2.05, 4.69) is 25.4 Å². The van der Waals surface area contributed by atoms with E-state index in [4.69, 9.17) is 0 Å². The number of carbonyl (C=O) groups is 1. The second kappa shape index (κ2) is 5.69. The zero-order valence-electron chi connectivity index (χ0n) is 11.2. The molecule has 0 bridgehead atoms. The molecule has 1 saturated heterocycles. The molecule has 0 spiro atoms. The van der Waals surface area contributed by atoms with Gasteiger partial charge >= 0.3 is 0 Å². The smallest absolute Gasteiger partial charge is 0.237 e. The number of aromatic nitrogens is 3. The lowest BCUT2D eigenvalue weighted by atomic mass is 10.2. The van der Waals surface area contributed by atoms with E-state index >= 15 is 0 Å². The van der Waals surface area contributed by atoms with Gasteiger partial charge in [0.15, 0.2) is 5.82 Å². The summed E-state index contributed by atoms with van der Waals surface area (Å²) in [6, 6.07) is -0.0217. The molecule has 6 heteroatoms. The molecule has 0 saturated carbocycles. The van der Waals surface area contributed by atoms with E-state index in [0.29, 0.717) is 6.54 Å². The molecule has 1 aromatic heterocycles. The van der Waals surface area contributed by atoms with Crippen molar-refractivity contribution in [1.29, 1.82) is 0 Å². The van der Waals surface area contributed by atoms with E-state index in [9.17, 15) is 4.79 Å². The number of hydrogen-bond donors (Lipinski definition) is 2. The van der Waals surface area contributed by atoms with E-state index < -0.39 is 0 Å². The van der Waals surface area contributed by atoms with Crippen LogP contribution in [0.4, 0.5) is 0 Å². The highest BCUT2D eigenvalue weighted by Gasteiger charge is 2.22. The molecule has 19 heavy (non-hydrogen) atoms. The molecule has 3 rings (SSSR count). The molecular formula is C13H21N5O. The van der Waals surface area contributed by atoms with E-state index in [1.54, 1.807) is 0 Å². The Kier molecular flexibility index (Phi) is 3.77. The van der Waals surface area contributed by atoms with Gasteiger partial charge in [-0.3, -0.25) is 4.79 Å². The third kappa shape index (κ3) is 2.78. The summed E-state index contributed by atoms with van der Waals surface area (Å²) in [4.78, 5) is 11.9. The van der Waals surface area contributed by atoms with Crippen molar-refractivity contribution >= 4 is 5.91 Å². The Morgan fingerprint density at radius 1 is 1.32 bits per heavy atom. The number of hydrogen-bond acceptors (Lipinski definition) is 4. The molecule has 104 valence electrons. The molecule has 1 aromatic rings. The van der Waals surface area contributed by atoms with Gasteiger partial charge in [-0.2, -0.15) is 0 Å². The first-order valence-corrected chi connectivity index (χ1v) is 7.26. The van der Waals surface area contributed by atoms with Crippen LogP contribution in [-0.2, 0) is 24.3 Å². The van der Waals surface area contributed by atoms with Gasteiger partial charge < -0.3 is 15.2 Å². The predicted molar refractivity (Wildman–Crippen MR) is 70.4 cm³/mol. The van der Waals surface area contributed by atoms with Gasteiger partial charge in [0.1, 0.15) is 5.82 Å². The quantitative estimate of drug-likeness (QED) is 0.826. The van der Waals surface area contributed by atoms with Crippen LogP contribution in [0.3, 0.4) is 0 Å². The van der Waals surface area contributed by atoms with Crippen molar-refractivity contribution in [2.24, 2.45) is 0 Å². The first kappa shape index (κ1) is 12.6. The second-order valence-electron chi connectivity index (χ2n) is 5.36. The molecule has 6 nitrogen and oxygen atoms in total. The zero-order valence-corrected chi connectivity index (χ0v) is 11.2. The highest BCUT2D eigenvalue weighted by Crippen LogP contribution is 2.14. The first-order chi connectivity index (χ1) is 9.34. The summed E-state index contributed by atoms with van der Waals surface area (Å²) >= 11 is 0. The van der Waals surface area contributed by atoms with Crippen LogP contribution < -0.4 is 10.6 Å². The average Bonchev–Trinajstić information content (AvgIpc) is 3.02. The Morgan fingerprint density at radius 3 is 3.11 bits per heavy atom. The van der Waals surface area contributed by atoms with Gasteiger partial charge in [-0.1, -0.05) is 6.42 Å². The molecule has 2 aliphatic heterocycles. The van der Waals surface area contributed by atoms with Crippen LogP contribution in [0.1, 0.15) is 43.8 Å². The summed E-state index contributed by atoms with van der Waals surface area (Å²) in [5.74, 6) is 2.05. The Morgan fingerprint density at radius 2 is 2.26 bits per heavy atom. The number of amides is 1. The fraction of sp³-hybridized carbons (Fsp3) is 0.769. The van der Waals surface area contributed by atoms with Crippen molar-refractivity contribution in [3.63, 3.8) is 0 Å². The summed E-state index contributed by atoms with van der Waals surface area (Å²) in [7, 11) is 0. The van der Waals surface area contributed by atoms with E-state index in [1.807, 2.05) is 0 Å². The average molecular weight is 263 g/mol. The van der Waals surface area contributed by atoms with Crippen LogP contribution in [0.25, 0.3) is 0 Å². The van der Waals surface area contributed by atoms with Crippen LogP contribution in [0.15, 0.2) is 0 Å². The number of carbonyl (C=O) groups excluding carboxylic acids is 1. The lowest BCUT2D eigenvalue weighted by Gasteiger charge is -2.11. The predicted octanol–water partition coefficient (Wildman–Crippen LogP) is 0.373. The van der Waals surface area contributed by atoms with Crippen LogP contribution in [0.5, 0.6) is 0 Å². The molecule has 0 radical (unpaired) electrons. The molecule has 3 heterocycles. The molecular weight excluding hydrogens is 242 g/mol. The summed E-state index contributed by atoms with van der Waals surface area (Å²) in [6.07, 6.45) is 6.64. The van der Waals surface area contributed by atoms with Gasteiger partial charge in [-0.15, -0.1) is 10.2 Å². The zero-order chi connectivity index (χ0) is 13.1. The molecule has 2 N–H and O–H groups in total. The standard InChI is InChI=1S/C13H21N5O/c19-13(10-5-4-7-14-10)15-9-12-17-16-11-6-2-1-3-8-18(11)12/h10,14H,1-9H2,(H,15,19). The van der Waals surface area contributed by atoms with Crippen molar-refractivity contribution in [3.8, 4) is 0 Å². The topological polar surface area (TPSA) is 71.8 Å². The normalized spacial score (nSPS) is 22.8. The number of rotatable bonds is 3. The summed E-state index contributed by atoms with van der Waals surface area (Å²) < 4.78 is 2.18. The van der Waals surface area contributed by atoms with Crippen molar-refractivity contribution in [1.82, 2.24) is 25.4 Å². The number of aryl methyl sites for hydroxylation is 1. The Balaban J connectivity index is 1.60. The summed E-state index contributed by atoms with van der Waals surface area (Å²) in [5, 5.41) is 14.6. The van der Waals surface area contributed by atoms with E-state index in [0.717, 1.165) is 44.0 Å². The van der Waals surface area contributed by atoms with Gasteiger partial charge in [0, 0.05) is 13.0 Å². The molecule has 1 amide bonds. The van der Waals surface area contributed by atoms with Crippen LogP contribution >= 0.6 is 0 Å². The monoisotopic (exact) mass is 263 g/mol. The van der Waals surface area contributed by atoms with Crippen molar-refractivity contribution in [2.45, 2.75) is 57.7 Å². The largest absolute Gasteiger partial charge is 0.347 e. The lowest BCUT2D eigenvalue weighted by Crippen LogP contribution is -2.40. The summed E-state index contributed by atoms with van der Waals surface area (Å²) in [5.41, 5.74) is 0. The van der Waals surface area contributed by atoms with Gasteiger partial charge in [0.25, 0.3) is 0 Å². The SMILES string of the molecule is O=C(NCc1nnc2n1CCCCC2)C1CCCN1. The Hall–Kier alpha value is -1.43. The highest BCUT2D eigenvalue weighted by atomic mass is 16.2. The highest BCUT2D eigenvalue weighted by molar-refractivity contribution is 5.81. The maximum Gasteiger partial charge on any atom is 0.237 e. The van der Waals surface area contributed by atoms with Gasteiger partial charge in [0.05, 0.1) is 12.6 Å². The van der Waals surface area contributed by atoms with Gasteiger partial charge in [-0.05, 0) is 32.2 Å². The van der Waals surface area contributed by atoms with Crippen LogP contribution in [0, 0.1) is 0 Å². The van der Waals surface area contributed by atoms with Gasteiger partial charge in [-0.25, -0.2) is 0 Å². The van der Waals surface area contributed by atoms with Crippen LogP contribution in [-0.4, -0.2) is 33.3 Å². The minimum Gasteiger partial charge on any atom is -0.347 e. The lowest BCUT2D eigenvalue weighted by molar-refractivity contribution is -0.123. The van der Waals surface area contributed by atoms with Crippen molar-refractivity contribution < 1.29 is 4.79 Å². The van der Waals surface area contributed by atoms with Crippen molar-refractivity contribution in [2.75, 3.05) is 6.54 Å². The maximum absolute atomic E-state index is 11.9. The second-order valence-corrected chi connectivity index (χ2v) is 5.36. The van der Waals surface area contributed by atoms with E-state index in [-0.39, 0.29) is 11.9 Å². The number of nitrogens with zero attached hydrogens (tertiary/aromatic N) is 3. The Labute approximate surface area is 113 Å². The van der Waals surface area contributed by atoms with E-state index in [1.165, 1.54) is 19.3 Å². The first-order valence-electron chi connectivity index (χ1n) is 7.26. The molecule has 1 unspecified atom stereocenters. The minimum atomic E-state index is -0.0217. The summed E-state index contributed by atoms with van der Waals surface area (Å²) in [6.45, 7) is 2.41. The fourth-order valence-electron chi connectivity index (χ4n) is 2.87. The molecule has 1 atom stereocenters. The van der Waals surface area contributed by atoms with Gasteiger partial charge in [0.2, 0.25) is 5.91 Å². The molecule has 2 aliphatic rings. The third-order valence-electron chi connectivity index (χ3n) is 3.98. The minimum absolute atomic E-state index is 0.0217.